The summed E-state index contributed by atoms with van der Waals surface area (Å²) in [6, 6.07) is 27.0. The lowest BCUT2D eigenvalue weighted by molar-refractivity contribution is -0.133. The van der Waals surface area contributed by atoms with Crippen LogP contribution in [0.3, 0.4) is 0 Å². The summed E-state index contributed by atoms with van der Waals surface area (Å²) in [5.74, 6) is 0.230. The molecule has 0 aliphatic carbocycles. The van der Waals surface area contributed by atoms with E-state index in [1.165, 1.54) is 16.8 Å². The first-order chi connectivity index (χ1) is 16.2. The molecule has 0 aromatic heterocycles. The first kappa shape index (κ1) is 22.0. The summed E-state index contributed by atoms with van der Waals surface area (Å²) in [6.45, 7) is 5.86. The van der Waals surface area contributed by atoms with E-state index in [-0.39, 0.29) is 11.9 Å². The Balaban J connectivity index is 1.22. The Kier molecular flexibility index (Phi) is 6.65. The molecule has 1 atom stereocenters. The van der Waals surface area contributed by atoms with Crippen LogP contribution >= 0.6 is 11.6 Å². The number of halogens is 1. The number of amides is 1. The molecular formula is C28H30ClN3O. The number of hydrogen-bond acceptors (Lipinski definition) is 3. The number of piperazine rings is 1. The molecule has 3 aromatic carbocycles. The van der Waals surface area contributed by atoms with Crippen LogP contribution in [-0.4, -0.2) is 55.0 Å². The summed E-state index contributed by atoms with van der Waals surface area (Å²) in [5, 5.41) is 0.788. The Labute approximate surface area is 201 Å². The van der Waals surface area contributed by atoms with E-state index in [4.69, 9.17) is 11.6 Å². The van der Waals surface area contributed by atoms with Crippen molar-refractivity contribution in [1.29, 1.82) is 0 Å². The Morgan fingerprint density at radius 2 is 1.58 bits per heavy atom. The van der Waals surface area contributed by atoms with Gasteiger partial charge in [0.05, 0.1) is 12.5 Å². The lowest BCUT2D eigenvalue weighted by atomic mass is 9.87. The molecule has 1 saturated heterocycles. The molecule has 2 aliphatic rings. The van der Waals surface area contributed by atoms with Crippen molar-refractivity contribution in [1.82, 2.24) is 9.80 Å². The monoisotopic (exact) mass is 459 g/mol. The zero-order valence-electron chi connectivity index (χ0n) is 18.9. The molecule has 4 nitrogen and oxygen atoms in total. The highest BCUT2D eigenvalue weighted by Crippen LogP contribution is 2.35. The summed E-state index contributed by atoms with van der Waals surface area (Å²) in [4.78, 5) is 20.2. The second-order valence-corrected chi connectivity index (χ2v) is 9.37. The van der Waals surface area contributed by atoms with Gasteiger partial charge in [-0.1, -0.05) is 72.3 Å². The number of rotatable bonds is 6. The average molecular weight is 460 g/mol. The second kappa shape index (κ2) is 9.98. The maximum Gasteiger partial charge on any atom is 0.227 e. The van der Waals surface area contributed by atoms with E-state index in [2.05, 4.69) is 63.2 Å². The number of anilines is 1. The van der Waals surface area contributed by atoms with Crippen LogP contribution in [0.15, 0.2) is 78.9 Å². The second-order valence-electron chi connectivity index (χ2n) is 8.94. The summed E-state index contributed by atoms with van der Waals surface area (Å²) in [5.41, 5.74) is 4.81. The van der Waals surface area contributed by atoms with Gasteiger partial charge in [-0.25, -0.2) is 0 Å². The Bertz CT molecular complexity index is 1100. The van der Waals surface area contributed by atoms with Gasteiger partial charge in [0, 0.05) is 43.4 Å². The Morgan fingerprint density at radius 3 is 2.36 bits per heavy atom. The van der Waals surface area contributed by atoms with Gasteiger partial charge in [-0.2, -0.15) is 0 Å². The van der Waals surface area contributed by atoms with E-state index in [9.17, 15) is 4.79 Å². The van der Waals surface area contributed by atoms with Crippen LogP contribution in [-0.2, 0) is 11.2 Å². The van der Waals surface area contributed by atoms with Crippen LogP contribution < -0.4 is 4.90 Å². The summed E-state index contributed by atoms with van der Waals surface area (Å²) < 4.78 is 0. The van der Waals surface area contributed by atoms with Gasteiger partial charge < -0.3 is 9.80 Å². The number of hydrogen-bond donors (Lipinski definition) is 0. The number of carbonyl (C=O) groups is 1. The maximum atomic E-state index is 13.1. The topological polar surface area (TPSA) is 26.8 Å². The molecule has 0 bridgehead atoms. The van der Waals surface area contributed by atoms with Gasteiger partial charge in [0.25, 0.3) is 0 Å². The van der Waals surface area contributed by atoms with E-state index in [0.717, 1.165) is 56.3 Å². The molecule has 2 aliphatic heterocycles. The van der Waals surface area contributed by atoms with E-state index < -0.39 is 0 Å². The third kappa shape index (κ3) is 4.92. The van der Waals surface area contributed by atoms with Crippen LogP contribution in [0.5, 0.6) is 0 Å². The fourth-order valence-electron chi connectivity index (χ4n) is 5.15. The van der Waals surface area contributed by atoms with Crippen molar-refractivity contribution in [3.63, 3.8) is 0 Å². The molecule has 1 amide bonds. The summed E-state index contributed by atoms with van der Waals surface area (Å²) >= 11 is 6.17. The minimum absolute atomic E-state index is 0.00308. The first-order valence-corrected chi connectivity index (χ1v) is 12.2. The van der Waals surface area contributed by atoms with Crippen molar-refractivity contribution < 1.29 is 4.79 Å². The van der Waals surface area contributed by atoms with Gasteiger partial charge in [-0.15, -0.1) is 0 Å². The van der Waals surface area contributed by atoms with E-state index >= 15 is 0 Å². The van der Waals surface area contributed by atoms with Crippen LogP contribution in [0.4, 0.5) is 5.69 Å². The van der Waals surface area contributed by atoms with Gasteiger partial charge in [0.1, 0.15) is 0 Å². The molecule has 2 heterocycles. The van der Waals surface area contributed by atoms with Gasteiger partial charge in [0.2, 0.25) is 5.91 Å². The molecule has 5 rings (SSSR count). The third-order valence-corrected chi connectivity index (χ3v) is 7.09. The predicted octanol–water partition coefficient (Wildman–Crippen LogP) is 5.03. The summed E-state index contributed by atoms with van der Waals surface area (Å²) in [6.07, 6.45) is 1.48. The third-order valence-electron chi connectivity index (χ3n) is 6.86. The van der Waals surface area contributed by atoms with Crippen molar-refractivity contribution in [2.45, 2.75) is 18.9 Å². The number of nitrogens with zero attached hydrogens (tertiary/aromatic N) is 3. The van der Waals surface area contributed by atoms with Crippen LogP contribution in [0, 0.1) is 0 Å². The van der Waals surface area contributed by atoms with Crippen LogP contribution in [0.25, 0.3) is 0 Å². The predicted molar refractivity (Wildman–Crippen MR) is 135 cm³/mol. The number of carbonyl (C=O) groups excluding carboxylic acids is 1. The molecule has 5 heteroatoms. The highest BCUT2D eigenvalue weighted by molar-refractivity contribution is 6.30. The van der Waals surface area contributed by atoms with Crippen LogP contribution in [0.1, 0.15) is 29.2 Å². The van der Waals surface area contributed by atoms with E-state index in [1.807, 2.05) is 30.3 Å². The minimum atomic E-state index is 0.00308. The standard InChI is InChI=1S/C28H30ClN3O/c29-24-11-6-12-25(21-24)31-18-16-30(17-19-31)14-7-15-32-27(33)20-23-10-4-5-13-26(23)28(32)22-8-2-1-3-9-22/h1-6,8-13,21,28H,7,14-20H2. The molecular weight excluding hydrogens is 430 g/mol. The minimum Gasteiger partial charge on any atom is -0.369 e. The molecule has 1 unspecified atom stereocenters. The fraction of sp³-hybridized carbons (Fsp3) is 0.321. The zero-order valence-corrected chi connectivity index (χ0v) is 19.6. The highest BCUT2D eigenvalue weighted by Gasteiger charge is 2.33. The van der Waals surface area contributed by atoms with Gasteiger partial charge in [-0.05, 0) is 47.9 Å². The van der Waals surface area contributed by atoms with Gasteiger partial charge in [0.15, 0.2) is 0 Å². The Hall–Kier alpha value is -2.82. The average Bonchev–Trinajstić information content (AvgIpc) is 2.85. The number of fused-ring (bicyclic) bond motifs is 1. The van der Waals surface area contributed by atoms with Crippen molar-refractivity contribution in [3.8, 4) is 0 Å². The first-order valence-electron chi connectivity index (χ1n) is 11.8. The van der Waals surface area contributed by atoms with Crippen molar-refractivity contribution in [2.75, 3.05) is 44.2 Å². The lowest BCUT2D eigenvalue weighted by Crippen LogP contribution is -2.47. The molecule has 33 heavy (non-hydrogen) atoms. The van der Waals surface area contributed by atoms with Crippen LogP contribution in [0.2, 0.25) is 5.02 Å². The van der Waals surface area contributed by atoms with E-state index in [1.54, 1.807) is 0 Å². The molecule has 0 saturated carbocycles. The molecule has 1 fully saturated rings. The Morgan fingerprint density at radius 1 is 0.818 bits per heavy atom. The molecule has 0 N–H and O–H groups in total. The van der Waals surface area contributed by atoms with Gasteiger partial charge in [-0.3, -0.25) is 9.69 Å². The molecule has 170 valence electrons. The maximum absolute atomic E-state index is 13.1. The normalized spacial score (nSPS) is 18.9. The summed E-state index contributed by atoms with van der Waals surface area (Å²) in [7, 11) is 0. The number of benzene rings is 3. The molecule has 0 radical (unpaired) electrons. The van der Waals surface area contributed by atoms with Gasteiger partial charge >= 0.3 is 0 Å². The van der Waals surface area contributed by atoms with Crippen molar-refractivity contribution >= 4 is 23.2 Å². The smallest absolute Gasteiger partial charge is 0.227 e. The highest BCUT2D eigenvalue weighted by atomic mass is 35.5. The van der Waals surface area contributed by atoms with Crippen molar-refractivity contribution in [2.24, 2.45) is 0 Å². The molecule has 3 aromatic rings. The zero-order chi connectivity index (χ0) is 22.6. The molecule has 0 spiro atoms. The van der Waals surface area contributed by atoms with Crippen molar-refractivity contribution in [3.05, 3.63) is 101 Å². The fourth-order valence-corrected chi connectivity index (χ4v) is 5.34. The largest absolute Gasteiger partial charge is 0.369 e. The SMILES string of the molecule is O=C1Cc2ccccc2C(c2ccccc2)N1CCCN1CCN(c2cccc(Cl)c2)CC1. The lowest BCUT2D eigenvalue weighted by Gasteiger charge is -2.39. The quantitative estimate of drug-likeness (QED) is 0.517. The van der Waals surface area contributed by atoms with E-state index in [0.29, 0.717) is 6.42 Å².